The SMILES string of the molecule is Cc1cccc2cc(C(=O)N3CCN(c4cccc(Cl)c4)C(=O)C3)oc12. The summed E-state index contributed by atoms with van der Waals surface area (Å²) in [4.78, 5) is 28.5. The largest absolute Gasteiger partial charge is 0.451 e. The zero-order chi connectivity index (χ0) is 18.3. The number of anilines is 1. The van der Waals surface area contributed by atoms with E-state index in [-0.39, 0.29) is 24.1 Å². The van der Waals surface area contributed by atoms with Gasteiger partial charge < -0.3 is 14.2 Å². The lowest BCUT2D eigenvalue weighted by Crippen LogP contribution is -2.52. The first-order valence-corrected chi connectivity index (χ1v) is 8.75. The van der Waals surface area contributed by atoms with E-state index in [4.69, 9.17) is 16.0 Å². The van der Waals surface area contributed by atoms with Crippen LogP contribution < -0.4 is 4.90 Å². The van der Waals surface area contributed by atoms with E-state index in [9.17, 15) is 9.59 Å². The molecule has 2 heterocycles. The summed E-state index contributed by atoms with van der Waals surface area (Å²) in [5.74, 6) is -0.142. The van der Waals surface area contributed by atoms with Crippen molar-refractivity contribution in [2.45, 2.75) is 6.92 Å². The van der Waals surface area contributed by atoms with Crippen LogP contribution >= 0.6 is 11.6 Å². The van der Waals surface area contributed by atoms with Crippen LogP contribution in [0.3, 0.4) is 0 Å². The van der Waals surface area contributed by atoms with Gasteiger partial charge in [-0.05, 0) is 36.8 Å². The van der Waals surface area contributed by atoms with Crippen LogP contribution in [0.15, 0.2) is 52.9 Å². The minimum Gasteiger partial charge on any atom is -0.451 e. The highest BCUT2D eigenvalue weighted by Gasteiger charge is 2.30. The topological polar surface area (TPSA) is 53.8 Å². The Morgan fingerprint density at radius 3 is 2.65 bits per heavy atom. The van der Waals surface area contributed by atoms with Gasteiger partial charge in [0.1, 0.15) is 12.1 Å². The van der Waals surface area contributed by atoms with Crippen molar-refractivity contribution in [1.29, 1.82) is 0 Å². The molecule has 1 saturated heterocycles. The predicted molar refractivity (Wildman–Crippen MR) is 101 cm³/mol. The van der Waals surface area contributed by atoms with Crippen molar-refractivity contribution in [3.8, 4) is 0 Å². The Bertz CT molecular complexity index is 1010. The van der Waals surface area contributed by atoms with Crippen LogP contribution in [0, 0.1) is 6.92 Å². The maximum Gasteiger partial charge on any atom is 0.290 e. The molecule has 0 unspecified atom stereocenters. The Morgan fingerprint density at radius 2 is 1.92 bits per heavy atom. The molecule has 1 fully saturated rings. The fourth-order valence-electron chi connectivity index (χ4n) is 3.23. The summed E-state index contributed by atoms with van der Waals surface area (Å²) in [5, 5.41) is 1.46. The summed E-state index contributed by atoms with van der Waals surface area (Å²) < 4.78 is 5.74. The Morgan fingerprint density at radius 1 is 1.12 bits per heavy atom. The molecule has 4 rings (SSSR count). The fourth-order valence-corrected chi connectivity index (χ4v) is 3.42. The molecule has 0 atom stereocenters. The van der Waals surface area contributed by atoms with Crippen LogP contribution in [0.4, 0.5) is 5.69 Å². The van der Waals surface area contributed by atoms with Crippen LogP contribution in [0.1, 0.15) is 16.1 Å². The number of fused-ring (bicyclic) bond motifs is 1. The summed E-state index contributed by atoms with van der Waals surface area (Å²) >= 11 is 6.01. The van der Waals surface area contributed by atoms with E-state index in [1.807, 2.05) is 31.2 Å². The van der Waals surface area contributed by atoms with Crippen LogP contribution in [0.5, 0.6) is 0 Å². The molecule has 132 valence electrons. The normalized spacial score (nSPS) is 14.9. The first-order valence-electron chi connectivity index (χ1n) is 8.37. The minimum absolute atomic E-state index is 0.0153. The highest BCUT2D eigenvalue weighted by atomic mass is 35.5. The van der Waals surface area contributed by atoms with Crippen LogP contribution in [-0.4, -0.2) is 36.3 Å². The molecule has 1 aliphatic heterocycles. The summed E-state index contributed by atoms with van der Waals surface area (Å²) in [6.07, 6.45) is 0. The Balaban J connectivity index is 1.53. The lowest BCUT2D eigenvalue weighted by molar-refractivity contribution is -0.120. The number of benzene rings is 2. The summed E-state index contributed by atoms with van der Waals surface area (Å²) in [7, 11) is 0. The van der Waals surface area contributed by atoms with E-state index in [1.54, 1.807) is 29.2 Å². The Labute approximate surface area is 155 Å². The molecule has 0 bridgehead atoms. The van der Waals surface area contributed by atoms with Crippen LogP contribution in [0.25, 0.3) is 11.0 Å². The van der Waals surface area contributed by atoms with Gasteiger partial charge in [-0.25, -0.2) is 0 Å². The third-order valence-corrected chi connectivity index (χ3v) is 4.81. The van der Waals surface area contributed by atoms with E-state index >= 15 is 0 Å². The quantitative estimate of drug-likeness (QED) is 0.689. The zero-order valence-electron chi connectivity index (χ0n) is 14.2. The zero-order valence-corrected chi connectivity index (χ0v) is 15.0. The molecule has 3 aromatic rings. The molecule has 0 radical (unpaired) electrons. The van der Waals surface area contributed by atoms with E-state index in [0.29, 0.717) is 23.7 Å². The maximum atomic E-state index is 12.8. The number of nitrogens with zero attached hydrogens (tertiary/aromatic N) is 2. The van der Waals surface area contributed by atoms with Gasteiger partial charge in [0, 0.05) is 29.2 Å². The number of rotatable bonds is 2. The number of halogens is 1. The summed E-state index contributed by atoms with van der Waals surface area (Å²) in [6.45, 7) is 2.81. The van der Waals surface area contributed by atoms with E-state index in [0.717, 1.165) is 16.6 Å². The van der Waals surface area contributed by atoms with Crippen molar-refractivity contribution in [2.24, 2.45) is 0 Å². The monoisotopic (exact) mass is 368 g/mol. The van der Waals surface area contributed by atoms with Gasteiger partial charge in [0.25, 0.3) is 5.91 Å². The van der Waals surface area contributed by atoms with Crippen molar-refractivity contribution < 1.29 is 14.0 Å². The molecule has 0 saturated carbocycles. The number of furan rings is 1. The number of para-hydroxylation sites is 1. The molecule has 2 amide bonds. The van der Waals surface area contributed by atoms with Gasteiger partial charge in [-0.1, -0.05) is 35.9 Å². The molecular weight excluding hydrogens is 352 g/mol. The number of piperazine rings is 1. The van der Waals surface area contributed by atoms with Crippen molar-refractivity contribution >= 4 is 40.1 Å². The van der Waals surface area contributed by atoms with Crippen molar-refractivity contribution in [3.05, 3.63) is 64.9 Å². The average Bonchev–Trinajstić information content (AvgIpc) is 3.06. The second-order valence-corrected chi connectivity index (χ2v) is 6.79. The molecule has 0 aliphatic carbocycles. The molecule has 5 nitrogen and oxygen atoms in total. The molecule has 0 N–H and O–H groups in total. The number of carbonyl (C=O) groups excluding carboxylic acids is 2. The summed E-state index contributed by atoms with van der Waals surface area (Å²) in [6, 6.07) is 14.7. The van der Waals surface area contributed by atoms with Crippen molar-refractivity contribution in [2.75, 3.05) is 24.5 Å². The molecule has 6 heteroatoms. The first-order chi connectivity index (χ1) is 12.5. The van der Waals surface area contributed by atoms with Gasteiger partial charge in [0.05, 0.1) is 0 Å². The second kappa shape index (κ2) is 6.50. The van der Waals surface area contributed by atoms with Gasteiger partial charge in [-0.2, -0.15) is 0 Å². The van der Waals surface area contributed by atoms with Gasteiger partial charge >= 0.3 is 0 Å². The molecular formula is C20H17ClN2O3. The van der Waals surface area contributed by atoms with Crippen LogP contribution in [0.2, 0.25) is 5.02 Å². The van der Waals surface area contributed by atoms with Gasteiger partial charge in [-0.3, -0.25) is 9.59 Å². The maximum absolute atomic E-state index is 12.8. The number of hydrogen-bond acceptors (Lipinski definition) is 3. The number of aryl methyl sites for hydroxylation is 1. The fraction of sp³-hybridized carbons (Fsp3) is 0.200. The third kappa shape index (κ3) is 2.95. The standard InChI is InChI=1S/C20H17ClN2O3/c1-13-4-2-5-14-10-17(26-19(13)14)20(25)22-8-9-23(18(24)12-22)16-7-3-6-15(21)11-16/h2-7,10-11H,8-9,12H2,1H3. The number of carbonyl (C=O) groups is 2. The molecule has 1 aromatic heterocycles. The van der Waals surface area contributed by atoms with Gasteiger partial charge in [0.15, 0.2) is 5.76 Å². The van der Waals surface area contributed by atoms with Crippen LogP contribution in [-0.2, 0) is 4.79 Å². The summed E-state index contributed by atoms with van der Waals surface area (Å²) in [5.41, 5.74) is 2.43. The van der Waals surface area contributed by atoms with Gasteiger partial charge in [0.2, 0.25) is 5.91 Å². The predicted octanol–water partition coefficient (Wildman–Crippen LogP) is 3.88. The lowest BCUT2D eigenvalue weighted by Gasteiger charge is -2.34. The molecule has 26 heavy (non-hydrogen) atoms. The molecule has 2 aromatic carbocycles. The highest BCUT2D eigenvalue weighted by Crippen LogP contribution is 2.25. The van der Waals surface area contributed by atoms with Gasteiger partial charge in [-0.15, -0.1) is 0 Å². The first kappa shape index (κ1) is 16.7. The van der Waals surface area contributed by atoms with Crippen molar-refractivity contribution in [1.82, 2.24) is 4.90 Å². The van der Waals surface area contributed by atoms with E-state index in [2.05, 4.69) is 0 Å². The smallest absolute Gasteiger partial charge is 0.290 e. The van der Waals surface area contributed by atoms with Crippen molar-refractivity contribution in [3.63, 3.8) is 0 Å². The lowest BCUT2D eigenvalue weighted by atomic mass is 10.2. The Kier molecular flexibility index (Phi) is 4.17. The minimum atomic E-state index is -0.264. The Hall–Kier alpha value is -2.79. The number of amides is 2. The van der Waals surface area contributed by atoms with E-state index in [1.165, 1.54) is 4.90 Å². The molecule has 0 spiro atoms. The third-order valence-electron chi connectivity index (χ3n) is 4.58. The molecule has 1 aliphatic rings. The average molecular weight is 369 g/mol. The second-order valence-electron chi connectivity index (χ2n) is 6.36. The highest BCUT2D eigenvalue weighted by molar-refractivity contribution is 6.30. The van der Waals surface area contributed by atoms with E-state index < -0.39 is 0 Å². The number of hydrogen-bond donors (Lipinski definition) is 0.